The van der Waals surface area contributed by atoms with Crippen molar-refractivity contribution in [2.24, 2.45) is 12.0 Å². The first-order valence-electron chi connectivity index (χ1n) is 9.33. The number of guanidine groups is 1. The number of piperazine rings is 1. The van der Waals surface area contributed by atoms with E-state index in [0.29, 0.717) is 31.2 Å². The van der Waals surface area contributed by atoms with Gasteiger partial charge < -0.3 is 19.9 Å². The van der Waals surface area contributed by atoms with Crippen LogP contribution in [0.2, 0.25) is 0 Å². The molecule has 1 saturated heterocycles. The highest BCUT2D eigenvalue weighted by molar-refractivity contribution is 5.98. The molecule has 156 valence electrons. The summed E-state index contributed by atoms with van der Waals surface area (Å²) in [6, 6.07) is 6.55. The highest BCUT2D eigenvalue weighted by atomic mass is 19.3. The van der Waals surface area contributed by atoms with Gasteiger partial charge in [0.15, 0.2) is 5.96 Å². The Morgan fingerprint density at radius 1 is 1.34 bits per heavy atom. The van der Waals surface area contributed by atoms with Gasteiger partial charge in [-0.2, -0.15) is 13.9 Å². The summed E-state index contributed by atoms with van der Waals surface area (Å²) in [6.45, 7) is 1.05. The maximum absolute atomic E-state index is 12.6. The second-order valence-corrected chi connectivity index (χ2v) is 6.50. The number of nitrogens with zero attached hydrogens (tertiary/aromatic N) is 5. The molecule has 2 aromatic rings. The van der Waals surface area contributed by atoms with E-state index in [-0.39, 0.29) is 24.7 Å². The van der Waals surface area contributed by atoms with Crippen LogP contribution in [-0.2, 0) is 18.4 Å². The molecule has 29 heavy (non-hydrogen) atoms. The van der Waals surface area contributed by atoms with E-state index >= 15 is 0 Å². The maximum Gasteiger partial charge on any atom is 0.387 e. The molecule has 8 nitrogen and oxygen atoms in total. The number of carbonyl (C=O) groups is 1. The van der Waals surface area contributed by atoms with Gasteiger partial charge in [0.05, 0.1) is 18.4 Å². The molecule has 0 saturated carbocycles. The Balaban J connectivity index is 1.71. The number of carbonyl (C=O) groups excluding carboxylic acids is 1. The van der Waals surface area contributed by atoms with Crippen LogP contribution >= 0.6 is 0 Å². The van der Waals surface area contributed by atoms with Gasteiger partial charge in [0, 0.05) is 38.4 Å². The van der Waals surface area contributed by atoms with E-state index in [1.165, 1.54) is 6.07 Å². The summed E-state index contributed by atoms with van der Waals surface area (Å²) >= 11 is 0. The highest BCUT2D eigenvalue weighted by Crippen LogP contribution is 2.21. The molecule has 1 amide bonds. The Kier molecular flexibility index (Phi) is 6.63. The van der Waals surface area contributed by atoms with Crippen LogP contribution in [0.4, 0.5) is 14.5 Å². The van der Waals surface area contributed by atoms with Crippen molar-refractivity contribution in [1.82, 2.24) is 20.0 Å². The maximum atomic E-state index is 12.6. The molecule has 1 aliphatic rings. The summed E-state index contributed by atoms with van der Waals surface area (Å²) in [5.41, 5.74) is 1.31. The third kappa shape index (κ3) is 5.21. The minimum Gasteiger partial charge on any atom is -0.434 e. The quantitative estimate of drug-likeness (QED) is 0.585. The van der Waals surface area contributed by atoms with Crippen LogP contribution in [0.5, 0.6) is 5.75 Å². The molecular weight excluding hydrogens is 382 g/mol. The summed E-state index contributed by atoms with van der Waals surface area (Å²) in [4.78, 5) is 20.7. The number of anilines is 1. The molecule has 1 N–H and O–H groups in total. The van der Waals surface area contributed by atoms with Gasteiger partial charge >= 0.3 is 6.61 Å². The lowest BCUT2D eigenvalue weighted by atomic mass is 10.2. The van der Waals surface area contributed by atoms with Crippen LogP contribution in [-0.4, -0.2) is 59.3 Å². The number of halogens is 2. The molecule has 0 aliphatic carbocycles. The number of hydrogen-bond donors (Lipinski definition) is 1. The van der Waals surface area contributed by atoms with E-state index < -0.39 is 6.61 Å². The predicted octanol–water partition coefficient (Wildman–Crippen LogP) is 1.84. The number of nitrogens with one attached hydrogen (secondary N) is 1. The molecule has 10 heteroatoms. The Labute approximate surface area is 167 Å². The van der Waals surface area contributed by atoms with E-state index in [2.05, 4.69) is 20.1 Å². The van der Waals surface area contributed by atoms with Crippen molar-refractivity contribution in [3.8, 4) is 5.75 Å². The van der Waals surface area contributed by atoms with Crippen molar-refractivity contribution >= 4 is 17.6 Å². The Morgan fingerprint density at radius 3 is 2.79 bits per heavy atom. The second kappa shape index (κ2) is 9.35. The van der Waals surface area contributed by atoms with E-state index in [9.17, 15) is 13.6 Å². The van der Waals surface area contributed by atoms with Crippen LogP contribution < -0.4 is 15.0 Å². The average Bonchev–Trinajstić information content (AvgIpc) is 3.11. The lowest BCUT2D eigenvalue weighted by Gasteiger charge is -2.35. The summed E-state index contributed by atoms with van der Waals surface area (Å²) in [5, 5.41) is 7.27. The SMILES string of the molecule is CCNC(=NCc1ccccc1OC(F)F)N1CCN(c2cnn(C)c2)C(=O)C1. The van der Waals surface area contributed by atoms with Crippen molar-refractivity contribution in [2.45, 2.75) is 20.1 Å². The van der Waals surface area contributed by atoms with Crippen LogP contribution in [0.15, 0.2) is 41.7 Å². The standard InChI is InChI=1S/C19H24F2N6O2/c1-3-22-19(23-10-14-6-4-5-7-16(14)29-18(20)21)26-8-9-27(17(28)13-26)15-11-24-25(2)12-15/h4-7,11-12,18H,3,8-10,13H2,1-2H3,(H,22,23). The number of aromatic nitrogens is 2. The zero-order chi connectivity index (χ0) is 20.8. The van der Waals surface area contributed by atoms with Crippen molar-refractivity contribution in [1.29, 1.82) is 0 Å². The number of aryl methyl sites for hydroxylation is 1. The predicted molar refractivity (Wildman–Crippen MR) is 105 cm³/mol. The van der Waals surface area contributed by atoms with E-state index in [1.54, 1.807) is 47.2 Å². The summed E-state index contributed by atoms with van der Waals surface area (Å²) in [7, 11) is 1.80. The molecule has 0 spiro atoms. The molecular formula is C19H24F2N6O2. The van der Waals surface area contributed by atoms with Gasteiger partial charge in [-0.3, -0.25) is 9.48 Å². The van der Waals surface area contributed by atoms with Crippen molar-refractivity contribution < 1.29 is 18.3 Å². The molecule has 2 heterocycles. The Morgan fingerprint density at radius 2 is 2.14 bits per heavy atom. The minimum atomic E-state index is -2.90. The van der Waals surface area contributed by atoms with Gasteiger partial charge in [0.1, 0.15) is 12.3 Å². The van der Waals surface area contributed by atoms with Gasteiger partial charge in [-0.25, -0.2) is 4.99 Å². The van der Waals surface area contributed by atoms with Crippen LogP contribution in [0.3, 0.4) is 0 Å². The molecule has 1 aromatic carbocycles. The molecule has 0 atom stereocenters. The first-order chi connectivity index (χ1) is 14.0. The lowest BCUT2D eigenvalue weighted by molar-refractivity contribution is -0.120. The summed E-state index contributed by atoms with van der Waals surface area (Å²) < 4.78 is 31.4. The molecule has 0 unspecified atom stereocenters. The number of benzene rings is 1. The first-order valence-corrected chi connectivity index (χ1v) is 9.33. The number of para-hydroxylation sites is 1. The van der Waals surface area contributed by atoms with Gasteiger partial charge in [0.25, 0.3) is 0 Å². The number of ether oxygens (including phenoxy) is 1. The van der Waals surface area contributed by atoms with E-state index in [1.807, 2.05) is 11.8 Å². The first kappa shape index (κ1) is 20.6. The Hall–Kier alpha value is -3.17. The van der Waals surface area contributed by atoms with Crippen molar-refractivity contribution in [3.05, 3.63) is 42.2 Å². The van der Waals surface area contributed by atoms with E-state index in [4.69, 9.17) is 0 Å². The number of alkyl halides is 2. The lowest BCUT2D eigenvalue weighted by Crippen LogP contribution is -2.55. The topological polar surface area (TPSA) is 75.0 Å². The molecule has 1 fully saturated rings. The van der Waals surface area contributed by atoms with Gasteiger partial charge in [-0.1, -0.05) is 18.2 Å². The largest absolute Gasteiger partial charge is 0.434 e. The second-order valence-electron chi connectivity index (χ2n) is 6.50. The third-order valence-corrected chi connectivity index (χ3v) is 4.45. The fourth-order valence-electron chi connectivity index (χ4n) is 3.11. The number of aliphatic imine (C=N–C) groups is 1. The van der Waals surface area contributed by atoms with E-state index in [0.717, 1.165) is 5.69 Å². The fourth-order valence-corrected chi connectivity index (χ4v) is 3.11. The zero-order valence-electron chi connectivity index (χ0n) is 16.4. The van der Waals surface area contributed by atoms with Crippen LogP contribution in [0.1, 0.15) is 12.5 Å². The molecule has 3 rings (SSSR count). The highest BCUT2D eigenvalue weighted by Gasteiger charge is 2.27. The fraction of sp³-hybridized carbons (Fsp3) is 0.421. The zero-order valence-corrected chi connectivity index (χ0v) is 16.4. The van der Waals surface area contributed by atoms with Crippen molar-refractivity contribution in [2.75, 3.05) is 31.1 Å². The molecule has 0 radical (unpaired) electrons. The minimum absolute atomic E-state index is 0.0590. The molecule has 0 bridgehead atoms. The molecule has 1 aliphatic heterocycles. The summed E-state index contributed by atoms with van der Waals surface area (Å²) in [5.74, 6) is 0.592. The monoisotopic (exact) mass is 406 g/mol. The van der Waals surface area contributed by atoms with Crippen LogP contribution in [0.25, 0.3) is 0 Å². The average molecular weight is 406 g/mol. The summed E-state index contributed by atoms with van der Waals surface area (Å²) in [6.07, 6.45) is 3.46. The number of rotatable bonds is 6. The smallest absolute Gasteiger partial charge is 0.387 e. The Bertz CT molecular complexity index is 870. The van der Waals surface area contributed by atoms with Crippen LogP contribution in [0, 0.1) is 0 Å². The normalized spacial score (nSPS) is 15.2. The van der Waals surface area contributed by atoms with Gasteiger partial charge in [0.2, 0.25) is 5.91 Å². The van der Waals surface area contributed by atoms with Gasteiger partial charge in [-0.05, 0) is 13.0 Å². The van der Waals surface area contributed by atoms with Gasteiger partial charge in [-0.15, -0.1) is 0 Å². The third-order valence-electron chi connectivity index (χ3n) is 4.45. The van der Waals surface area contributed by atoms with Crippen molar-refractivity contribution in [3.63, 3.8) is 0 Å². The molecule has 1 aromatic heterocycles. The number of hydrogen-bond acceptors (Lipinski definition) is 4. The number of amides is 1.